The molecule has 0 saturated carbocycles. The summed E-state index contributed by atoms with van der Waals surface area (Å²) < 4.78 is 22.9. The minimum atomic E-state index is -3.13. The normalized spacial score (nSPS) is 13.1. The summed E-state index contributed by atoms with van der Waals surface area (Å²) in [7, 11) is -1.22. The highest BCUT2D eigenvalue weighted by Gasteiger charge is 2.12. The third-order valence-electron chi connectivity index (χ3n) is 3.34. The Morgan fingerprint density at radius 3 is 2.10 bits per heavy atom. The van der Waals surface area contributed by atoms with Crippen molar-refractivity contribution in [1.82, 2.24) is 5.32 Å². The fraction of sp³-hybridized carbons (Fsp3) is 0.250. The predicted molar refractivity (Wildman–Crippen MR) is 81.5 cm³/mol. The monoisotopic (exact) mass is 289 g/mol. The molecule has 0 amide bonds. The Morgan fingerprint density at radius 1 is 1.00 bits per heavy atom. The molecule has 2 rings (SSSR count). The van der Waals surface area contributed by atoms with Crippen LogP contribution in [0.3, 0.4) is 0 Å². The van der Waals surface area contributed by atoms with E-state index in [-0.39, 0.29) is 6.04 Å². The summed E-state index contributed by atoms with van der Waals surface area (Å²) in [6.45, 7) is 0. The van der Waals surface area contributed by atoms with Gasteiger partial charge in [-0.15, -0.1) is 0 Å². The lowest BCUT2D eigenvalue weighted by Crippen LogP contribution is -2.18. The molecule has 2 aromatic rings. The molecule has 0 spiro atoms. The number of likely N-dealkylation sites (N-methyl/N-ethyl adjacent to an activating group) is 1. The highest BCUT2D eigenvalue weighted by atomic mass is 32.2. The van der Waals surface area contributed by atoms with Gasteiger partial charge < -0.3 is 5.32 Å². The second-order valence-electron chi connectivity index (χ2n) is 4.87. The molecule has 0 aliphatic carbocycles. The molecule has 2 aromatic carbocycles. The van der Waals surface area contributed by atoms with Crippen molar-refractivity contribution in [3.8, 4) is 0 Å². The van der Waals surface area contributed by atoms with E-state index in [0.29, 0.717) is 4.90 Å². The first-order valence-electron chi connectivity index (χ1n) is 6.52. The predicted octanol–water partition coefficient (Wildman–Crippen LogP) is 2.59. The number of hydrogen-bond donors (Lipinski definition) is 1. The van der Waals surface area contributed by atoms with Gasteiger partial charge in [0.1, 0.15) is 0 Å². The molecule has 1 atom stereocenters. The molecule has 20 heavy (non-hydrogen) atoms. The van der Waals surface area contributed by atoms with Gasteiger partial charge in [-0.2, -0.15) is 0 Å². The molecule has 0 aromatic heterocycles. The van der Waals surface area contributed by atoms with E-state index in [0.717, 1.165) is 12.0 Å². The smallest absolute Gasteiger partial charge is 0.175 e. The molecule has 0 fully saturated rings. The molecule has 1 unspecified atom stereocenters. The van der Waals surface area contributed by atoms with Gasteiger partial charge in [0.05, 0.1) is 4.90 Å². The van der Waals surface area contributed by atoms with Crippen LogP contribution in [0.15, 0.2) is 59.5 Å². The van der Waals surface area contributed by atoms with Gasteiger partial charge in [-0.3, -0.25) is 0 Å². The maximum atomic E-state index is 11.5. The number of sulfone groups is 1. The Balaban J connectivity index is 2.20. The topological polar surface area (TPSA) is 46.2 Å². The molecule has 0 heterocycles. The van der Waals surface area contributed by atoms with Gasteiger partial charge in [-0.1, -0.05) is 42.5 Å². The van der Waals surface area contributed by atoms with Gasteiger partial charge in [-0.25, -0.2) is 8.42 Å². The van der Waals surface area contributed by atoms with E-state index in [1.54, 1.807) is 12.1 Å². The Morgan fingerprint density at radius 2 is 1.60 bits per heavy atom. The molecule has 3 nitrogen and oxygen atoms in total. The van der Waals surface area contributed by atoms with Gasteiger partial charge in [0.25, 0.3) is 0 Å². The van der Waals surface area contributed by atoms with Gasteiger partial charge in [0, 0.05) is 12.3 Å². The molecule has 0 aliphatic rings. The Bertz CT molecular complexity index is 649. The molecule has 106 valence electrons. The van der Waals surface area contributed by atoms with E-state index in [1.807, 2.05) is 37.4 Å². The fourth-order valence-corrected chi connectivity index (χ4v) is 2.81. The number of benzene rings is 2. The summed E-state index contributed by atoms with van der Waals surface area (Å²) in [4.78, 5) is 0.357. The van der Waals surface area contributed by atoms with Crippen LogP contribution in [-0.2, 0) is 16.3 Å². The molecule has 0 aliphatic heterocycles. The first-order chi connectivity index (χ1) is 9.50. The summed E-state index contributed by atoms with van der Waals surface area (Å²) >= 11 is 0. The minimum Gasteiger partial charge on any atom is -0.313 e. The van der Waals surface area contributed by atoms with Crippen LogP contribution < -0.4 is 5.32 Å². The zero-order chi connectivity index (χ0) is 14.6. The van der Waals surface area contributed by atoms with Gasteiger partial charge >= 0.3 is 0 Å². The van der Waals surface area contributed by atoms with Crippen molar-refractivity contribution in [3.63, 3.8) is 0 Å². The van der Waals surface area contributed by atoms with Crippen molar-refractivity contribution >= 4 is 9.84 Å². The largest absolute Gasteiger partial charge is 0.313 e. The molecular formula is C16H19NO2S. The van der Waals surface area contributed by atoms with Crippen LogP contribution in [0.1, 0.15) is 17.2 Å². The van der Waals surface area contributed by atoms with E-state index in [1.165, 1.54) is 11.8 Å². The molecule has 1 N–H and O–H groups in total. The third kappa shape index (κ3) is 3.68. The van der Waals surface area contributed by atoms with E-state index in [2.05, 4.69) is 17.4 Å². The van der Waals surface area contributed by atoms with Crippen molar-refractivity contribution in [2.75, 3.05) is 13.3 Å². The second kappa shape index (κ2) is 6.20. The van der Waals surface area contributed by atoms with Crippen molar-refractivity contribution in [2.45, 2.75) is 17.4 Å². The van der Waals surface area contributed by atoms with E-state index >= 15 is 0 Å². The van der Waals surface area contributed by atoms with Crippen LogP contribution >= 0.6 is 0 Å². The number of hydrogen-bond acceptors (Lipinski definition) is 3. The lowest BCUT2D eigenvalue weighted by Gasteiger charge is -2.17. The van der Waals surface area contributed by atoms with Crippen LogP contribution in [0.4, 0.5) is 0 Å². The van der Waals surface area contributed by atoms with Crippen LogP contribution in [0.25, 0.3) is 0 Å². The molecule has 0 saturated heterocycles. The molecule has 0 bridgehead atoms. The average Bonchev–Trinajstić information content (AvgIpc) is 2.45. The zero-order valence-corrected chi connectivity index (χ0v) is 12.5. The summed E-state index contributed by atoms with van der Waals surface area (Å²) in [5.41, 5.74) is 2.34. The Hall–Kier alpha value is -1.65. The third-order valence-corrected chi connectivity index (χ3v) is 4.47. The summed E-state index contributed by atoms with van der Waals surface area (Å²) in [6, 6.07) is 17.5. The molecule has 4 heteroatoms. The minimum absolute atomic E-state index is 0.172. The fourth-order valence-electron chi connectivity index (χ4n) is 2.18. The van der Waals surface area contributed by atoms with Gasteiger partial charge in [-0.05, 0) is 36.7 Å². The molecular weight excluding hydrogens is 270 g/mol. The van der Waals surface area contributed by atoms with Crippen LogP contribution in [0.5, 0.6) is 0 Å². The van der Waals surface area contributed by atoms with Crippen LogP contribution in [0, 0.1) is 0 Å². The van der Waals surface area contributed by atoms with Crippen LogP contribution in [-0.4, -0.2) is 21.7 Å². The lowest BCUT2D eigenvalue weighted by molar-refractivity contribution is 0.590. The summed E-state index contributed by atoms with van der Waals surface area (Å²) in [6.07, 6.45) is 2.09. The van der Waals surface area contributed by atoms with E-state index in [9.17, 15) is 8.42 Å². The van der Waals surface area contributed by atoms with Crippen molar-refractivity contribution in [2.24, 2.45) is 0 Å². The summed E-state index contributed by atoms with van der Waals surface area (Å²) in [5, 5.41) is 3.28. The maximum absolute atomic E-state index is 11.5. The lowest BCUT2D eigenvalue weighted by atomic mass is 9.99. The van der Waals surface area contributed by atoms with E-state index in [4.69, 9.17) is 0 Å². The SMILES string of the molecule is CNC(Cc1ccccc1)c1ccc(S(C)(=O)=O)cc1. The van der Waals surface area contributed by atoms with Crippen molar-refractivity contribution < 1.29 is 8.42 Å². The number of nitrogens with one attached hydrogen (secondary N) is 1. The quantitative estimate of drug-likeness (QED) is 0.920. The highest BCUT2D eigenvalue weighted by Crippen LogP contribution is 2.20. The zero-order valence-electron chi connectivity index (χ0n) is 11.7. The van der Waals surface area contributed by atoms with E-state index < -0.39 is 9.84 Å². The van der Waals surface area contributed by atoms with Gasteiger partial charge in [0.2, 0.25) is 0 Å². The maximum Gasteiger partial charge on any atom is 0.175 e. The molecule has 0 radical (unpaired) electrons. The average molecular weight is 289 g/mol. The Kier molecular flexibility index (Phi) is 4.57. The Labute approximate surface area is 120 Å². The summed E-state index contributed by atoms with van der Waals surface area (Å²) in [5.74, 6) is 0. The first kappa shape index (κ1) is 14.8. The van der Waals surface area contributed by atoms with Crippen molar-refractivity contribution in [1.29, 1.82) is 0 Å². The standard InChI is InChI=1S/C16H19NO2S/c1-17-16(12-13-6-4-3-5-7-13)14-8-10-15(11-9-14)20(2,18)19/h3-11,16-17H,12H2,1-2H3. The van der Waals surface area contributed by atoms with Crippen LogP contribution in [0.2, 0.25) is 0 Å². The van der Waals surface area contributed by atoms with Gasteiger partial charge in [0.15, 0.2) is 9.84 Å². The second-order valence-corrected chi connectivity index (χ2v) is 6.89. The van der Waals surface area contributed by atoms with Crippen molar-refractivity contribution in [3.05, 3.63) is 65.7 Å². The number of rotatable bonds is 5. The highest BCUT2D eigenvalue weighted by molar-refractivity contribution is 7.90. The first-order valence-corrected chi connectivity index (χ1v) is 8.41.